The number of rotatable bonds is 4. The number of hydrazone groups is 1. The Kier molecular flexibility index (Phi) is 6.13. The first-order valence-electron chi connectivity index (χ1n) is 7.92. The van der Waals surface area contributed by atoms with Crippen LogP contribution in [0, 0.1) is 5.92 Å². The highest BCUT2D eigenvalue weighted by Gasteiger charge is 2.14. The van der Waals surface area contributed by atoms with Crippen LogP contribution in [-0.2, 0) is 16.0 Å². The van der Waals surface area contributed by atoms with Crippen molar-refractivity contribution in [2.24, 2.45) is 11.0 Å². The van der Waals surface area contributed by atoms with Crippen molar-refractivity contribution in [1.82, 2.24) is 5.43 Å². The zero-order valence-electron chi connectivity index (χ0n) is 13.0. The number of anilines is 1. The Balaban J connectivity index is 1.78. The molecule has 1 aliphatic rings. The van der Waals surface area contributed by atoms with Gasteiger partial charge < -0.3 is 5.32 Å². The maximum absolute atomic E-state index is 11.8. The van der Waals surface area contributed by atoms with Gasteiger partial charge in [0.15, 0.2) is 0 Å². The molecule has 1 aromatic rings. The zero-order valence-corrected chi connectivity index (χ0v) is 13.0. The lowest BCUT2D eigenvalue weighted by Crippen LogP contribution is -2.32. The molecule has 5 nitrogen and oxygen atoms in total. The Morgan fingerprint density at radius 3 is 2.45 bits per heavy atom. The van der Waals surface area contributed by atoms with Gasteiger partial charge in [0, 0.05) is 11.9 Å². The fourth-order valence-corrected chi connectivity index (χ4v) is 2.55. The number of hydrogen-bond acceptors (Lipinski definition) is 3. The molecule has 2 rings (SSSR count). The van der Waals surface area contributed by atoms with Gasteiger partial charge in [-0.3, -0.25) is 9.59 Å². The van der Waals surface area contributed by atoms with Crippen LogP contribution in [0.1, 0.15) is 44.6 Å². The van der Waals surface area contributed by atoms with Gasteiger partial charge in [0.05, 0.1) is 0 Å². The Labute approximate surface area is 131 Å². The van der Waals surface area contributed by atoms with E-state index in [1.165, 1.54) is 24.8 Å². The minimum atomic E-state index is -0.744. The van der Waals surface area contributed by atoms with E-state index in [2.05, 4.69) is 22.8 Å². The van der Waals surface area contributed by atoms with Gasteiger partial charge in [0.1, 0.15) is 0 Å². The third-order valence-electron chi connectivity index (χ3n) is 3.93. The Morgan fingerprint density at radius 2 is 1.82 bits per heavy atom. The van der Waals surface area contributed by atoms with Crippen molar-refractivity contribution in [3.8, 4) is 0 Å². The lowest BCUT2D eigenvalue weighted by molar-refractivity contribution is -0.136. The molecular weight excluding hydrogens is 278 g/mol. The molecule has 1 aromatic carbocycles. The molecule has 0 saturated heterocycles. The summed E-state index contributed by atoms with van der Waals surface area (Å²) in [4.78, 5) is 23.4. The molecule has 2 N–H and O–H groups in total. The minimum absolute atomic E-state index is 0.415. The number of hydrogen-bond donors (Lipinski definition) is 2. The van der Waals surface area contributed by atoms with Crippen molar-refractivity contribution in [2.45, 2.75) is 45.4 Å². The maximum atomic E-state index is 11.8. The lowest BCUT2D eigenvalue weighted by atomic mass is 9.90. The largest absolute Gasteiger partial charge is 0.329 e. The molecule has 0 radical (unpaired) electrons. The number of aryl methyl sites for hydroxylation is 1. The van der Waals surface area contributed by atoms with Gasteiger partial charge in [0.2, 0.25) is 0 Å². The van der Waals surface area contributed by atoms with Gasteiger partial charge in [-0.05, 0) is 42.9 Å². The van der Waals surface area contributed by atoms with Crippen molar-refractivity contribution < 1.29 is 9.59 Å². The van der Waals surface area contributed by atoms with Crippen LogP contribution >= 0.6 is 0 Å². The first kappa shape index (κ1) is 16.2. The summed E-state index contributed by atoms with van der Waals surface area (Å²) < 4.78 is 0. The standard InChI is InChI=1S/C17H23N3O2/c1-2-13-8-10-15(11-9-13)19-16(21)17(22)20-18-12-14-6-4-3-5-7-14/h8-12,14H,2-7H2,1H3,(H,19,21)(H,20,22)/b18-12+. The highest BCUT2D eigenvalue weighted by Crippen LogP contribution is 2.21. The second kappa shape index (κ2) is 8.32. The molecular formula is C17H23N3O2. The van der Waals surface area contributed by atoms with Crippen molar-refractivity contribution in [2.75, 3.05) is 5.32 Å². The summed E-state index contributed by atoms with van der Waals surface area (Å²) in [5.41, 5.74) is 4.08. The Hall–Kier alpha value is -2.17. The molecule has 0 bridgehead atoms. The first-order valence-corrected chi connectivity index (χ1v) is 7.92. The second-order valence-corrected chi connectivity index (χ2v) is 5.62. The molecule has 0 atom stereocenters. The van der Waals surface area contributed by atoms with Crippen molar-refractivity contribution >= 4 is 23.7 Å². The summed E-state index contributed by atoms with van der Waals surface area (Å²) in [6, 6.07) is 7.42. The average molecular weight is 301 g/mol. The summed E-state index contributed by atoms with van der Waals surface area (Å²) in [5.74, 6) is -1.03. The molecule has 2 amide bonds. The van der Waals surface area contributed by atoms with E-state index in [1.54, 1.807) is 18.3 Å². The zero-order chi connectivity index (χ0) is 15.8. The van der Waals surface area contributed by atoms with E-state index >= 15 is 0 Å². The van der Waals surface area contributed by atoms with Crippen LogP contribution < -0.4 is 10.7 Å². The second-order valence-electron chi connectivity index (χ2n) is 5.62. The third kappa shape index (κ3) is 4.98. The number of amides is 2. The molecule has 0 aliphatic heterocycles. The van der Waals surface area contributed by atoms with E-state index in [4.69, 9.17) is 0 Å². The number of nitrogens with one attached hydrogen (secondary N) is 2. The van der Waals surface area contributed by atoms with Crippen molar-refractivity contribution in [3.63, 3.8) is 0 Å². The molecule has 0 heterocycles. The molecule has 0 aromatic heterocycles. The van der Waals surface area contributed by atoms with E-state index in [-0.39, 0.29) is 0 Å². The molecule has 0 spiro atoms. The third-order valence-corrected chi connectivity index (χ3v) is 3.93. The number of carbonyl (C=O) groups is 2. The molecule has 5 heteroatoms. The minimum Gasteiger partial charge on any atom is -0.318 e. The molecule has 1 fully saturated rings. The van der Waals surface area contributed by atoms with Crippen LogP contribution in [0.15, 0.2) is 29.4 Å². The van der Waals surface area contributed by atoms with Gasteiger partial charge in [-0.1, -0.05) is 38.3 Å². The summed E-state index contributed by atoms with van der Waals surface area (Å²) in [5, 5.41) is 6.46. The van der Waals surface area contributed by atoms with Crippen LogP contribution in [0.5, 0.6) is 0 Å². The van der Waals surface area contributed by atoms with Gasteiger partial charge in [0.25, 0.3) is 0 Å². The van der Waals surface area contributed by atoms with Crippen LogP contribution in [0.3, 0.4) is 0 Å². The van der Waals surface area contributed by atoms with E-state index in [9.17, 15) is 9.59 Å². The molecule has 118 valence electrons. The average Bonchev–Trinajstić information content (AvgIpc) is 2.56. The quantitative estimate of drug-likeness (QED) is 0.510. The lowest BCUT2D eigenvalue weighted by Gasteiger charge is -2.16. The van der Waals surface area contributed by atoms with Crippen LogP contribution in [0.4, 0.5) is 5.69 Å². The topological polar surface area (TPSA) is 70.6 Å². The van der Waals surface area contributed by atoms with E-state index in [0.29, 0.717) is 11.6 Å². The summed E-state index contributed by atoms with van der Waals surface area (Å²) in [6.07, 6.45) is 8.59. The highest BCUT2D eigenvalue weighted by atomic mass is 16.2. The maximum Gasteiger partial charge on any atom is 0.329 e. The van der Waals surface area contributed by atoms with Crippen LogP contribution in [0.25, 0.3) is 0 Å². The van der Waals surface area contributed by atoms with E-state index in [1.807, 2.05) is 12.1 Å². The van der Waals surface area contributed by atoms with Crippen LogP contribution in [-0.4, -0.2) is 18.0 Å². The molecule has 0 unspecified atom stereocenters. The Bertz CT molecular complexity index is 531. The molecule has 1 aliphatic carbocycles. The highest BCUT2D eigenvalue weighted by molar-refractivity contribution is 6.39. The van der Waals surface area contributed by atoms with Crippen LogP contribution in [0.2, 0.25) is 0 Å². The molecule has 1 saturated carbocycles. The fourth-order valence-electron chi connectivity index (χ4n) is 2.55. The predicted molar refractivity (Wildman–Crippen MR) is 87.7 cm³/mol. The number of nitrogens with zero attached hydrogens (tertiary/aromatic N) is 1. The predicted octanol–water partition coefficient (Wildman–Crippen LogP) is 2.87. The summed E-state index contributed by atoms with van der Waals surface area (Å²) in [7, 11) is 0. The number of benzene rings is 1. The van der Waals surface area contributed by atoms with Gasteiger partial charge in [-0.15, -0.1) is 0 Å². The monoisotopic (exact) mass is 301 g/mol. The fraction of sp³-hybridized carbons (Fsp3) is 0.471. The van der Waals surface area contributed by atoms with Gasteiger partial charge in [-0.2, -0.15) is 5.10 Å². The SMILES string of the molecule is CCc1ccc(NC(=O)C(=O)N/N=C/C2CCCCC2)cc1. The van der Waals surface area contributed by atoms with E-state index in [0.717, 1.165) is 19.3 Å². The summed E-state index contributed by atoms with van der Waals surface area (Å²) >= 11 is 0. The normalized spacial score (nSPS) is 15.7. The van der Waals surface area contributed by atoms with Crippen molar-refractivity contribution in [1.29, 1.82) is 0 Å². The smallest absolute Gasteiger partial charge is 0.318 e. The number of carbonyl (C=O) groups excluding carboxylic acids is 2. The summed E-state index contributed by atoms with van der Waals surface area (Å²) in [6.45, 7) is 2.06. The van der Waals surface area contributed by atoms with Gasteiger partial charge in [-0.25, -0.2) is 5.43 Å². The Morgan fingerprint density at radius 1 is 1.14 bits per heavy atom. The van der Waals surface area contributed by atoms with Gasteiger partial charge >= 0.3 is 11.8 Å². The van der Waals surface area contributed by atoms with Crippen molar-refractivity contribution in [3.05, 3.63) is 29.8 Å². The first-order chi connectivity index (χ1) is 10.7. The van der Waals surface area contributed by atoms with E-state index < -0.39 is 11.8 Å². The molecule has 22 heavy (non-hydrogen) atoms.